The Labute approximate surface area is 104 Å². The zero-order chi connectivity index (χ0) is 12.8. The third kappa shape index (κ3) is 1.54. The maximum Gasteiger partial charge on any atom is 0.211 e. The standard InChI is InChI=1S/C12H14N6/c1-7-5-11(13)17-12(14,16-7)9-3-2-4-10-8(9)6-15-18-10/h2-6,16H,14H2,1H3,(H2,13,17)(H,15,18). The molecule has 0 saturated heterocycles. The summed E-state index contributed by atoms with van der Waals surface area (Å²) >= 11 is 0. The first kappa shape index (κ1) is 10.8. The van der Waals surface area contributed by atoms with E-state index in [0.29, 0.717) is 5.84 Å². The molecular formula is C12H14N6. The highest BCUT2D eigenvalue weighted by molar-refractivity contribution is 5.93. The van der Waals surface area contributed by atoms with Crippen LogP contribution in [0, 0.1) is 0 Å². The van der Waals surface area contributed by atoms with Crippen molar-refractivity contribution < 1.29 is 0 Å². The molecule has 1 aromatic heterocycles. The minimum atomic E-state index is -1.05. The molecule has 18 heavy (non-hydrogen) atoms. The summed E-state index contributed by atoms with van der Waals surface area (Å²) in [6, 6.07) is 5.76. The molecule has 0 bridgehead atoms. The lowest BCUT2D eigenvalue weighted by molar-refractivity contribution is 0.398. The highest BCUT2D eigenvalue weighted by Crippen LogP contribution is 2.27. The van der Waals surface area contributed by atoms with Crippen molar-refractivity contribution in [2.24, 2.45) is 16.5 Å². The third-order valence-corrected chi connectivity index (χ3v) is 2.95. The maximum atomic E-state index is 6.33. The van der Waals surface area contributed by atoms with E-state index < -0.39 is 5.79 Å². The lowest BCUT2D eigenvalue weighted by Crippen LogP contribution is -2.51. The highest BCUT2D eigenvalue weighted by atomic mass is 15.3. The number of H-pyrrole nitrogens is 1. The van der Waals surface area contributed by atoms with E-state index in [1.807, 2.05) is 25.1 Å². The topological polar surface area (TPSA) is 105 Å². The zero-order valence-corrected chi connectivity index (χ0v) is 9.94. The summed E-state index contributed by atoms with van der Waals surface area (Å²) in [5.74, 6) is -0.638. The SMILES string of the molecule is CC1=CC(N)=NC(N)(c2cccc3[nH]ncc23)N1. The maximum absolute atomic E-state index is 6.33. The monoisotopic (exact) mass is 242 g/mol. The first-order chi connectivity index (χ1) is 8.58. The minimum absolute atomic E-state index is 0.411. The van der Waals surface area contributed by atoms with Crippen LogP contribution in [0.3, 0.4) is 0 Å². The van der Waals surface area contributed by atoms with Crippen LogP contribution in [0.1, 0.15) is 12.5 Å². The van der Waals surface area contributed by atoms with Crippen LogP contribution in [-0.2, 0) is 5.79 Å². The van der Waals surface area contributed by atoms with Crippen molar-refractivity contribution in [1.29, 1.82) is 0 Å². The van der Waals surface area contributed by atoms with Gasteiger partial charge in [0, 0.05) is 16.6 Å². The average Bonchev–Trinajstić information content (AvgIpc) is 2.74. The Morgan fingerprint density at radius 3 is 2.94 bits per heavy atom. The van der Waals surface area contributed by atoms with E-state index in [-0.39, 0.29) is 0 Å². The van der Waals surface area contributed by atoms with E-state index in [4.69, 9.17) is 11.5 Å². The molecule has 3 rings (SSSR count). The first-order valence-corrected chi connectivity index (χ1v) is 5.62. The number of aliphatic imine (C=N–C) groups is 1. The van der Waals surface area contributed by atoms with Crippen molar-refractivity contribution in [2.45, 2.75) is 12.7 Å². The fourth-order valence-corrected chi connectivity index (χ4v) is 2.25. The van der Waals surface area contributed by atoms with Crippen LogP contribution in [0.5, 0.6) is 0 Å². The number of aromatic nitrogens is 2. The van der Waals surface area contributed by atoms with E-state index in [2.05, 4.69) is 20.5 Å². The highest BCUT2D eigenvalue weighted by Gasteiger charge is 2.31. The Bertz CT molecular complexity index is 668. The molecule has 6 nitrogen and oxygen atoms in total. The number of benzene rings is 1. The van der Waals surface area contributed by atoms with Gasteiger partial charge in [0.1, 0.15) is 5.84 Å². The quantitative estimate of drug-likeness (QED) is 0.584. The Hall–Kier alpha value is -2.34. The van der Waals surface area contributed by atoms with Crippen molar-refractivity contribution >= 4 is 16.7 Å². The van der Waals surface area contributed by atoms with Gasteiger partial charge in [0.05, 0.1) is 11.7 Å². The van der Waals surface area contributed by atoms with E-state index in [1.54, 1.807) is 12.3 Å². The molecule has 6 heteroatoms. The van der Waals surface area contributed by atoms with E-state index in [1.165, 1.54) is 0 Å². The van der Waals surface area contributed by atoms with Crippen LogP contribution in [0.2, 0.25) is 0 Å². The average molecular weight is 242 g/mol. The van der Waals surface area contributed by atoms with Gasteiger partial charge in [-0.25, -0.2) is 4.99 Å². The second-order valence-electron chi connectivity index (χ2n) is 4.39. The van der Waals surface area contributed by atoms with Gasteiger partial charge in [-0.15, -0.1) is 0 Å². The summed E-state index contributed by atoms with van der Waals surface area (Å²) in [5.41, 5.74) is 14.7. The number of nitrogens with zero attached hydrogens (tertiary/aromatic N) is 2. The van der Waals surface area contributed by atoms with Crippen LogP contribution in [0.25, 0.3) is 10.9 Å². The molecule has 0 spiro atoms. The molecule has 1 aromatic carbocycles. The summed E-state index contributed by atoms with van der Waals surface area (Å²) in [6.07, 6.45) is 3.49. The number of rotatable bonds is 1. The predicted molar refractivity (Wildman–Crippen MR) is 70.5 cm³/mol. The van der Waals surface area contributed by atoms with Crippen LogP contribution < -0.4 is 16.8 Å². The van der Waals surface area contributed by atoms with Gasteiger partial charge in [-0.2, -0.15) is 5.10 Å². The smallest absolute Gasteiger partial charge is 0.211 e. The molecule has 1 aliphatic heterocycles. The molecule has 2 aromatic rings. The second-order valence-corrected chi connectivity index (χ2v) is 4.39. The number of fused-ring (bicyclic) bond motifs is 1. The fraction of sp³-hybridized carbons (Fsp3) is 0.167. The molecule has 1 unspecified atom stereocenters. The Kier molecular flexibility index (Phi) is 2.14. The first-order valence-electron chi connectivity index (χ1n) is 5.62. The largest absolute Gasteiger partial charge is 0.384 e. The Morgan fingerprint density at radius 2 is 2.17 bits per heavy atom. The summed E-state index contributed by atoms with van der Waals surface area (Å²) in [6.45, 7) is 1.90. The molecule has 6 N–H and O–H groups in total. The van der Waals surface area contributed by atoms with Crippen molar-refractivity contribution in [2.75, 3.05) is 0 Å². The van der Waals surface area contributed by atoms with Gasteiger partial charge in [0.15, 0.2) is 0 Å². The molecule has 0 fully saturated rings. The van der Waals surface area contributed by atoms with E-state index in [0.717, 1.165) is 22.2 Å². The molecule has 0 amide bonds. The van der Waals surface area contributed by atoms with Gasteiger partial charge in [-0.05, 0) is 19.1 Å². The zero-order valence-electron chi connectivity index (χ0n) is 9.94. The molecule has 92 valence electrons. The molecule has 0 saturated carbocycles. The molecule has 2 heterocycles. The molecule has 0 aliphatic carbocycles. The van der Waals surface area contributed by atoms with Crippen molar-refractivity contribution in [1.82, 2.24) is 15.5 Å². The summed E-state index contributed by atoms with van der Waals surface area (Å²) in [4.78, 5) is 4.31. The second kappa shape index (κ2) is 3.58. The minimum Gasteiger partial charge on any atom is -0.384 e. The van der Waals surface area contributed by atoms with E-state index in [9.17, 15) is 0 Å². The predicted octanol–water partition coefficient (Wildman–Crippen LogP) is 0.496. The van der Waals surface area contributed by atoms with Crippen molar-refractivity contribution in [3.63, 3.8) is 0 Å². The van der Waals surface area contributed by atoms with Gasteiger partial charge >= 0.3 is 0 Å². The number of hydrogen-bond donors (Lipinski definition) is 4. The molecular weight excluding hydrogens is 228 g/mol. The number of amidine groups is 1. The number of nitrogens with one attached hydrogen (secondary N) is 2. The third-order valence-electron chi connectivity index (χ3n) is 2.95. The number of allylic oxidation sites excluding steroid dienone is 1. The lowest BCUT2D eigenvalue weighted by atomic mass is 10.0. The van der Waals surface area contributed by atoms with E-state index >= 15 is 0 Å². The Morgan fingerprint density at radius 1 is 1.33 bits per heavy atom. The van der Waals surface area contributed by atoms with Gasteiger partial charge < -0.3 is 11.1 Å². The summed E-state index contributed by atoms with van der Waals surface area (Å²) < 4.78 is 0. The van der Waals surface area contributed by atoms with Crippen LogP contribution in [0.4, 0.5) is 0 Å². The van der Waals surface area contributed by atoms with Gasteiger partial charge in [-0.3, -0.25) is 10.8 Å². The Balaban J connectivity index is 2.20. The van der Waals surface area contributed by atoms with Crippen LogP contribution in [-0.4, -0.2) is 16.0 Å². The number of hydrogen-bond acceptors (Lipinski definition) is 5. The van der Waals surface area contributed by atoms with Gasteiger partial charge in [0.25, 0.3) is 0 Å². The van der Waals surface area contributed by atoms with Gasteiger partial charge in [-0.1, -0.05) is 12.1 Å². The van der Waals surface area contributed by atoms with Crippen molar-refractivity contribution in [3.05, 3.63) is 41.7 Å². The normalized spacial score (nSPS) is 23.4. The number of aromatic amines is 1. The molecule has 0 radical (unpaired) electrons. The number of nitrogens with two attached hydrogens (primary N) is 2. The van der Waals surface area contributed by atoms with Gasteiger partial charge in [0.2, 0.25) is 5.79 Å². The van der Waals surface area contributed by atoms with Crippen LogP contribution in [0.15, 0.2) is 41.2 Å². The summed E-state index contributed by atoms with van der Waals surface area (Å²) in [5, 5.41) is 11.0. The van der Waals surface area contributed by atoms with Crippen molar-refractivity contribution in [3.8, 4) is 0 Å². The lowest BCUT2D eigenvalue weighted by Gasteiger charge is -2.31. The fourth-order valence-electron chi connectivity index (χ4n) is 2.25. The molecule has 1 atom stereocenters. The molecule has 1 aliphatic rings. The van der Waals surface area contributed by atoms with Crippen LogP contribution >= 0.6 is 0 Å². The summed E-state index contributed by atoms with van der Waals surface area (Å²) in [7, 11) is 0.